The summed E-state index contributed by atoms with van der Waals surface area (Å²) in [4.78, 5) is 33.3. The van der Waals surface area contributed by atoms with Crippen molar-refractivity contribution in [1.29, 1.82) is 0 Å². The molecular weight excluding hydrogens is 302 g/mol. The van der Waals surface area contributed by atoms with E-state index in [1.807, 2.05) is 0 Å². The lowest BCUT2D eigenvalue weighted by atomic mass is 9.87. The Balaban J connectivity index is 1.85. The first-order chi connectivity index (χ1) is 11.0. The first-order valence-corrected chi connectivity index (χ1v) is 7.38. The Hall–Kier alpha value is -2.57. The second-order valence-corrected chi connectivity index (χ2v) is 5.40. The molecule has 0 spiro atoms. The number of benzene rings is 1. The summed E-state index contributed by atoms with van der Waals surface area (Å²) in [5.41, 5.74) is 0.460. The molecule has 23 heavy (non-hydrogen) atoms. The van der Waals surface area contributed by atoms with Gasteiger partial charge < -0.3 is 19.9 Å². The zero-order chi connectivity index (χ0) is 16.8. The third-order valence-electron chi connectivity index (χ3n) is 3.81. The van der Waals surface area contributed by atoms with Gasteiger partial charge in [-0.3, -0.25) is 9.59 Å². The van der Waals surface area contributed by atoms with Crippen LogP contribution in [0.3, 0.4) is 0 Å². The van der Waals surface area contributed by atoms with Crippen LogP contribution in [-0.2, 0) is 19.1 Å². The van der Waals surface area contributed by atoms with Gasteiger partial charge in [0.15, 0.2) is 0 Å². The number of nitrogens with one attached hydrogen (secondary N) is 1. The van der Waals surface area contributed by atoms with E-state index in [4.69, 9.17) is 9.84 Å². The van der Waals surface area contributed by atoms with Crippen molar-refractivity contribution < 1.29 is 29.0 Å². The van der Waals surface area contributed by atoms with Crippen LogP contribution in [0.2, 0.25) is 0 Å². The standard InChI is InChI=1S/C16H19NO6/c1-22-16(21)14(18)17-11-4-8-13(9-5-11)23-12-6-2-10(3-7-12)15(19)20/h4-5,8-10,12H,2-3,6-7H2,1H3,(H,17,18)(H,19,20)/t10-,12-. The zero-order valence-electron chi connectivity index (χ0n) is 12.8. The van der Waals surface area contributed by atoms with E-state index < -0.39 is 17.8 Å². The van der Waals surface area contributed by atoms with Gasteiger partial charge in [0.05, 0.1) is 19.1 Å². The van der Waals surface area contributed by atoms with Crippen molar-refractivity contribution in [3.63, 3.8) is 0 Å². The van der Waals surface area contributed by atoms with Crippen LogP contribution in [0.15, 0.2) is 24.3 Å². The van der Waals surface area contributed by atoms with E-state index in [1.54, 1.807) is 24.3 Å². The maximum atomic E-state index is 11.4. The Morgan fingerprint density at radius 1 is 1.09 bits per heavy atom. The first-order valence-electron chi connectivity index (χ1n) is 7.38. The fourth-order valence-corrected chi connectivity index (χ4v) is 2.51. The zero-order valence-corrected chi connectivity index (χ0v) is 12.8. The van der Waals surface area contributed by atoms with E-state index in [9.17, 15) is 14.4 Å². The van der Waals surface area contributed by atoms with E-state index in [2.05, 4.69) is 10.1 Å². The van der Waals surface area contributed by atoms with Gasteiger partial charge in [-0.15, -0.1) is 0 Å². The molecule has 0 bridgehead atoms. The van der Waals surface area contributed by atoms with Crippen molar-refractivity contribution in [2.45, 2.75) is 31.8 Å². The summed E-state index contributed by atoms with van der Waals surface area (Å²) < 4.78 is 10.1. The highest BCUT2D eigenvalue weighted by atomic mass is 16.5. The maximum Gasteiger partial charge on any atom is 0.396 e. The minimum Gasteiger partial charge on any atom is -0.490 e. The highest BCUT2D eigenvalue weighted by Gasteiger charge is 2.26. The van der Waals surface area contributed by atoms with E-state index in [0.717, 1.165) is 7.11 Å². The molecule has 1 amide bonds. The molecule has 0 unspecified atom stereocenters. The van der Waals surface area contributed by atoms with Gasteiger partial charge in [0.2, 0.25) is 0 Å². The number of hydrogen-bond donors (Lipinski definition) is 2. The molecule has 2 rings (SSSR count). The van der Waals surface area contributed by atoms with Crippen molar-refractivity contribution >= 4 is 23.5 Å². The summed E-state index contributed by atoms with van der Waals surface area (Å²) >= 11 is 0. The van der Waals surface area contributed by atoms with Gasteiger partial charge >= 0.3 is 17.8 Å². The number of hydrogen-bond acceptors (Lipinski definition) is 5. The van der Waals surface area contributed by atoms with Crippen molar-refractivity contribution in [1.82, 2.24) is 0 Å². The molecule has 2 N–H and O–H groups in total. The number of carbonyl (C=O) groups is 3. The normalized spacial score (nSPS) is 20.4. The molecule has 1 saturated carbocycles. The van der Waals surface area contributed by atoms with Crippen molar-refractivity contribution in [2.24, 2.45) is 5.92 Å². The summed E-state index contributed by atoms with van der Waals surface area (Å²) in [7, 11) is 1.14. The molecule has 0 atom stereocenters. The number of rotatable bonds is 4. The maximum absolute atomic E-state index is 11.4. The molecule has 7 nitrogen and oxygen atoms in total. The molecule has 124 valence electrons. The molecular formula is C16H19NO6. The van der Waals surface area contributed by atoms with Crippen LogP contribution in [0.4, 0.5) is 5.69 Å². The van der Waals surface area contributed by atoms with Crippen molar-refractivity contribution in [3.05, 3.63) is 24.3 Å². The van der Waals surface area contributed by atoms with Gasteiger partial charge in [-0.1, -0.05) is 0 Å². The predicted molar refractivity (Wildman–Crippen MR) is 81.1 cm³/mol. The van der Waals surface area contributed by atoms with Gasteiger partial charge in [0.25, 0.3) is 0 Å². The van der Waals surface area contributed by atoms with Crippen molar-refractivity contribution in [2.75, 3.05) is 12.4 Å². The Bertz CT molecular complexity index is 575. The summed E-state index contributed by atoms with van der Waals surface area (Å²) in [6, 6.07) is 6.63. The van der Waals surface area contributed by atoms with E-state index in [-0.39, 0.29) is 12.0 Å². The lowest BCUT2D eigenvalue weighted by Crippen LogP contribution is -2.27. The molecule has 1 aliphatic carbocycles. The van der Waals surface area contributed by atoms with Crippen LogP contribution >= 0.6 is 0 Å². The molecule has 0 saturated heterocycles. The summed E-state index contributed by atoms with van der Waals surface area (Å²) in [6.45, 7) is 0. The van der Waals surface area contributed by atoms with E-state index >= 15 is 0 Å². The lowest BCUT2D eigenvalue weighted by Gasteiger charge is -2.26. The predicted octanol–water partition coefficient (Wildman–Crippen LogP) is 1.82. The molecule has 0 heterocycles. The average Bonchev–Trinajstić information content (AvgIpc) is 2.56. The van der Waals surface area contributed by atoms with Crippen LogP contribution in [0.25, 0.3) is 0 Å². The largest absolute Gasteiger partial charge is 0.490 e. The van der Waals surface area contributed by atoms with Crippen molar-refractivity contribution in [3.8, 4) is 5.75 Å². The Morgan fingerprint density at radius 3 is 2.22 bits per heavy atom. The van der Waals surface area contributed by atoms with Crippen LogP contribution < -0.4 is 10.1 Å². The molecule has 1 aromatic carbocycles. The molecule has 1 fully saturated rings. The van der Waals surface area contributed by atoms with E-state index in [0.29, 0.717) is 37.1 Å². The number of esters is 1. The minimum absolute atomic E-state index is 0.00103. The molecule has 0 radical (unpaired) electrons. The fourth-order valence-electron chi connectivity index (χ4n) is 2.51. The molecule has 0 aliphatic heterocycles. The topological polar surface area (TPSA) is 102 Å². The fraction of sp³-hybridized carbons (Fsp3) is 0.438. The summed E-state index contributed by atoms with van der Waals surface area (Å²) in [6.07, 6.45) is 2.65. The van der Waals surface area contributed by atoms with E-state index in [1.165, 1.54) is 0 Å². The third kappa shape index (κ3) is 4.70. The number of carboxylic acid groups (broad SMARTS) is 1. The van der Waals surface area contributed by atoms with Crippen LogP contribution in [-0.4, -0.2) is 36.2 Å². The molecule has 1 aliphatic rings. The van der Waals surface area contributed by atoms with Crippen LogP contribution in [0.1, 0.15) is 25.7 Å². The molecule has 0 aromatic heterocycles. The number of aliphatic carboxylic acids is 1. The Labute approximate surface area is 133 Å². The van der Waals surface area contributed by atoms with Gasteiger partial charge in [0, 0.05) is 5.69 Å². The Morgan fingerprint density at radius 2 is 1.70 bits per heavy atom. The number of amides is 1. The number of carbonyl (C=O) groups excluding carboxylic acids is 2. The van der Waals surface area contributed by atoms with Crippen LogP contribution in [0, 0.1) is 5.92 Å². The summed E-state index contributed by atoms with van der Waals surface area (Å²) in [5.74, 6) is -2.17. The number of carboxylic acids is 1. The SMILES string of the molecule is COC(=O)C(=O)Nc1ccc(O[C@H]2CC[C@H](C(=O)O)CC2)cc1. The highest BCUT2D eigenvalue weighted by Crippen LogP contribution is 2.28. The number of ether oxygens (including phenoxy) is 2. The van der Waals surface area contributed by atoms with Gasteiger partial charge in [-0.2, -0.15) is 0 Å². The second kappa shape index (κ2) is 7.62. The van der Waals surface area contributed by atoms with Gasteiger partial charge in [-0.25, -0.2) is 4.79 Å². The summed E-state index contributed by atoms with van der Waals surface area (Å²) in [5, 5.41) is 11.4. The van der Waals surface area contributed by atoms with Gasteiger partial charge in [-0.05, 0) is 49.9 Å². The number of anilines is 1. The minimum atomic E-state index is -0.958. The average molecular weight is 321 g/mol. The quantitative estimate of drug-likeness (QED) is 0.648. The monoisotopic (exact) mass is 321 g/mol. The van der Waals surface area contributed by atoms with Gasteiger partial charge in [0.1, 0.15) is 5.75 Å². The number of methoxy groups -OCH3 is 1. The van der Waals surface area contributed by atoms with Crippen LogP contribution in [0.5, 0.6) is 5.75 Å². The molecule has 1 aromatic rings. The second-order valence-electron chi connectivity index (χ2n) is 5.40. The third-order valence-corrected chi connectivity index (χ3v) is 3.81. The lowest BCUT2D eigenvalue weighted by molar-refractivity contribution is -0.150. The first kappa shape index (κ1) is 16.8. The molecule has 7 heteroatoms. The highest BCUT2D eigenvalue weighted by molar-refractivity contribution is 6.37. The smallest absolute Gasteiger partial charge is 0.396 e. The Kier molecular flexibility index (Phi) is 5.56.